The fourth-order valence-corrected chi connectivity index (χ4v) is 4.92. The van der Waals surface area contributed by atoms with Gasteiger partial charge in [0.15, 0.2) is 0 Å². The minimum atomic E-state index is -0.00251. The van der Waals surface area contributed by atoms with Crippen LogP contribution < -0.4 is 0 Å². The van der Waals surface area contributed by atoms with Gasteiger partial charge in [0, 0.05) is 0 Å². The maximum Gasteiger partial charge on any atom is 0.0597 e. The van der Waals surface area contributed by atoms with E-state index in [1.807, 2.05) is 0 Å². The molecule has 104 valence electrons. The van der Waals surface area contributed by atoms with Crippen molar-refractivity contribution in [3.8, 4) is 0 Å². The van der Waals surface area contributed by atoms with E-state index >= 15 is 0 Å². The molecule has 0 amide bonds. The first-order chi connectivity index (χ1) is 8.37. The van der Waals surface area contributed by atoms with Crippen LogP contribution in [0.1, 0.15) is 52.9 Å². The molecule has 4 bridgehead atoms. The molecule has 2 unspecified atom stereocenters. The van der Waals surface area contributed by atoms with Crippen LogP contribution in [0.3, 0.4) is 0 Å². The molecule has 4 fully saturated rings. The van der Waals surface area contributed by atoms with E-state index in [0.717, 1.165) is 19.1 Å². The van der Waals surface area contributed by atoms with Crippen LogP contribution in [0.2, 0.25) is 0 Å². The summed E-state index contributed by atoms with van der Waals surface area (Å²) < 4.78 is 6.04. The highest BCUT2D eigenvalue weighted by atomic mass is 16.5. The number of ether oxygens (including phenoxy) is 1. The predicted molar refractivity (Wildman–Crippen MR) is 72.3 cm³/mol. The van der Waals surface area contributed by atoms with Gasteiger partial charge in [-0.1, -0.05) is 20.8 Å². The van der Waals surface area contributed by atoms with Crippen molar-refractivity contribution in [3.05, 3.63) is 0 Å². The Morgan fingerprint density at radius 1 is 1.11 bits per heavy atom. The Labute approximate surface area is 111 Å². The molecule has 0 aromatic heterocycles. The van der Waals surface area contributed by atoms with Crippen molar-refractivity contribution < 1.29 is 9.84 Å². The number of rotatable bonds is 3. The van der Waals surface area contributed by atoms with Crippen molar-refractivity contribution in [1.29, 1.82) is 0 Å². The van der Waals surface area contributed by atoms with Gasteiger partial charge in [-0.05, 0) is 60.7 Å². The van der Waals surface area contributed by atoms with Crippen LogP contribution in [-0.2, 0) is 4.74 Å². The smallest absolute Gasteiger partial charge is 0.0597 e. The molecule has 0 heterocycles. The largest absolute Gasteiger partial charge is 0.393 e. The van der Waals surface area contributed by atoms with Crippen LogP contribution in [0.25, 0.3) is 0 Å². The van der Waals surface area contributed by atoms with Crippen LogP contribution in [0.5, 0.6) is 0 Å². The first-order valence-electron chi connectivity index (χ1n) is 7.63. The average molecular weight is 252 g/mol. The second-order valence-electron chi connectivity index (χ2n) is 8.51. The SMILES string of the molecule is CC(C)(C)COCC12CC3CC(C1)C(O)C(C3)C2. The molecule has 4 rings (SSSR count). The van der Waals surface area contributed by atoms with E-state index in [0.29, 0.717) is 17.3 Å². The zero-order chi connectivity index (χ0) is 13.0. The quantitative estimate of drug-likeness (QED) is 0.835. The van der Waals surface area contributed by atoms with Gasteiger partial charge in [-0.2, -0.15) is 0 Å². The molecule has 2 nitrogen and oxygen atoms in total. The summed E-state index contributed by atoms with van der Waals surface area (Å²) in [5.41, 5.74) is 0.683. The van der Waals surface area contributed by atoms with Gasteiger partial charge in [0.05, 0.1) is 19.3 Å². The number of aliphatic hydroxyl groups is 1. The molecule has 4 saturated carbocycles. The van der Waals surface area contributed by atoms with Crippen LogP contribution >= 0.6 is 0 Å². The maximum atomic E-state index is 10.3. The average Bonchev–Trinajstić information content (AvgIpc) is 2.22. The zero-order valence-electron chi connectivity index (χ0n) is 12.1. The molecular formula is C16H28O2. The molecule has 0 aromatic rings. The van der Waals surface area contributed by atoms with Gasteiger partial charge >= 0.3 is 0 Å². The third-order valence-corrected chi connectivity index (χ3v) is 5.29. The van der Waals surface area contributed by atoms with Gasteiger partial charge in [-0.25, -0.2) is 0 Å². The molecular weight excluding hydrogens is 224 g/mol. The third kappa shape index (κ3) is 2.34. The van der Waals surface area contributed by atoms with E-state index in [9.17, 15) is 5.11 Å². The van der Waals surface area contributed by atoms with Crippen LogP contribution in [-0.4, -0.2) is 24.4 Å². The summed E-state index contributed by atoms with van der Waals surface area (Å²) in [7, 11) is 0. The molecule has 2 atom stereocenters. The van der Waals surface area contributed by atoms with E-state index in [1.165, 1.54) is 32.1 Å². The van der Waals surface area contributed by atoms with E-state index in [-0.39, 0.29) is 11.5 Å². The van der Waals surface area contributed by atoms with Crippen LogP contribution in [0.4, 0.5) is 0 Å². The lowest BCUT2D eigenvalue weighted by molar-refractivity contribution is -0.158. The molecule has 4 aliphatic carbocycles. The maximum absolute atomic E-state index is 10.3. The van der Waals surface area contributed by atoms with Crippen LogP contribution in [0, 0.1) is 28.6 Å². The second kappa shape index (κ2) is 4.21. The normalized spacial score (nSPS) is 46.7. The van der Waals surface area contributed by atoms with Crippen LogP contribution in [0.15, 0.2) is 0 Å². The van der Waals surface area contributed by atoms with E-state index in [4.69, 9.17) is 4.74 Å². The molecule has 18 heavy (non-hydrogen) atoms. The highest BCUT2D eigenvalue weighted by molar-refractivity contribution is 5.05. The highest BCUT2D eigenvalue weighted by Crippen LogP contribution is 2.60. The van der Waals surface area contributed by atoms with E-state index < -0.39 is 0 Å². The Kier molecular flexibility index (Phi) is 3.02. The molecule has 4 aliphatic rings. The fourth-order valence-electron chi connectivity index (χ4n) is 4.92. The summed E-state index contributed by atoms with van der Waals surface area (Å²) in [4.78, 5) is 0. The topological polar surface area (TPSA) is 29.5 Å². The fraction of sp³-hybridized carbons (Fsp3) is 1.00. The lowest BCUT2D eigenvalue weighted by Crippen LogP contribution is -2.55. The summed E-state index contributed by atoms with van der Waals surface area (Å²) in [5.74, 6) is 2.04. The minimum Gasteiger partial charge on any atom is -0.393 e. The Morgan fingerprint density at radius 3 is 2.28 bits per heavy atom. The first kappa shape index (κ1) is 12.9. The molecule has 0 spiro atoms. The second-order valence-corrected chi connectivity index (χ2v) is 8.51. The van der Waals surface area contributed by atoms with Gasteiger partial charge in [-0.3, -0.25) is 0 Å². The van der Waals surface area contributed by atoms with E-state index in [1.54, 1.807) is 0 Å². The molecule has 2 heteroatoms. The van der Waals surface area contributed by atoms with Crippen molar-refractivity contribution >= 4 is 0 Å². The van der Waals surface area contributed by atoms with Gasteiger partial charge in [0.2, 0.25) is 0 Å². The lowest BCUT2D eigenvalue weighted by Gasteiger charge is -2.58. The van der Waals surface area contributed by atoms with Gasteiger partial charge < -0.3 is 9.84 Å². The summed E-state index contributed by atoms with van der Waals surface area (Å²) in [5, 5.41) is 10.3. The number of hydrogen-bond acceptors (Lipinski definition) is 2. The van der Waals surface area contributed by atoms with E-state index in [2.05, 4.69) is 20.8 Å². The lowest BCUT2D eigenvalue weighted by atomic mass is 9.49. The Balaban J connectivity index is 1.62. The third-order valence-electron chi connectivity index (χ3n) is 5.29. The summed E-state index contributed by atoms with van der Waals surface area (Å²) in [6.45, 7) is 8.49. The standard InChI is InChI=1S/C16H28O2/c1-15(2,3)9-18-10-16-6-11-4-12(7-16)14(17)13(5-11)8-16/h11-14,17H,4-10H2,1-3H3. The van der Waals surface area contributed by atoms with Crippen molar-refractivity contribution in [3.63, 3.8) is 0 Å². The number of hydrogen-bond donors (Lipinski definition) is 1. The monoisotopic (exact) mass is 252 g/mol. The first-order valence-corrected chi connectivity index (χ1v) is 7.63. The molecule has 0 aliphatic heterocycles. The zero-order valence-corrected chi connectivity index (χ0v) is 12.1. The Bertz CT molecular complexity index is 302. The van der Waals surface area contributed by atoms with Crippen molar-refractivity contribution in [2.24, 2.45) is 28.6 Å². The minimum absolute atomic E-state index is 0.00251. The Morgan fingerprint density at radius 2 is 1.72 bits per heavy atom. The molecule has 0 saturated heterocycles. The van der Waals surface area contributed by atoms with Gasteiger partial charge in [-0.15, -0.1) is 0 Å². The molecule has 0 radical (unpaired) electrons. The summed E-state index contributed by atoms with van der Waals surface area (Å²) in [6.07, 6.45) is 6.34. The molecule has 0 aromatic carbocycles. The predicted octanol–water partition coefficient (Wildman–Crippen LogP) is 3.24. The molecule has 1 N–H and O–H groups in total. The number of aliphatic hydroxyl groups excluding tert-OH is 1. The summed E-state index contributed by atoms with van der Waals surface area (Å²) >= 11 is 0. The van der Waals surface area contributed by atoms with Gasteiger partial charge in [0.25, 0.3) is 0 Å². The van der Waals surface area contributed by atoms with Gasteiger partial charge in [0.1, 0.15) is 0 Å². The van der Waals surface area contributed by atoms with Crippen molar-refractivity contribution in [1.82, 2.24) is 0 Å². The Hall–Kier alpha value is -0.0800. The van der Waals surface area contributed by atoms with Crippen molar-refractivity contribution in [2.45, 2.75) is 59.0 Å². The van der Waals surface area contributed by atoms with Crippen molar-refractivity contribution in [2.75, 3.05) is 13.2 Å². The summed E-state index contributed by atoms with van der Waals surface area (Å²) in [6, 6.07) is 0. The highest BCUT2D eigenvalue weighted by Gasteiger charge is 2.54.